The second-order valence-corrected chi connectivity index (χ2v) is 5.96. The molecule has 0 fully saturated rings. The van der Waals surface area contributed by atoms with Gasteiger partial charge in [0.15, 0.2) is 0 Å². The van der Waals surface area contributed by atoms with Gasteiger partial charge in [-0.15, -0.1) is 0 Å². The van der Waals surface area contributed by atoms with Gasteiger partial charge in [-0.1, -0.05) is 33.6 Å². The maximum Gasteiger partial charge on any atom is 0.326 e. The van der Waals surface area contributed by atoms with E-state index < -0.39 is 24.0 Å². The molecule has 3 atom stereocenters. The number of aliphatic carboxylic acids is 1. The number of aromatic nitrogens is 1. The van der Waals surface area contributed by atoms with E-state index in [1.54, 1.807) is 19.2 Å². The van der Waals surface area contributed by atoms with Gasteiger partial charge >= 0.3 is 5.97 Å². The number of carboxylic acid groups (broad SMARTS) is 1. The second-order valence-electron chi connectivity index (χ2n) is 5.96. The molecule has 1 heterocycles. The first-order valence-electron chi connectivity index (χ1n) is 8.03. The van der Waals surface area contributed by atoms with Gasteiger partial charge in [0.1, 0.15) is 12.1 Å². The van der Waals surface area contributed by atoms with Crippen molar-refractivity contribution in [2.45, 2.75) is 59.0 Å². The summed E-state index contributed by atoms with van der Waals surface area (Å²) >= 11 is 0. The average Bonchev–Trinajstić information content (AvgIpc) is 2.49. The molecule has 1 rings (SSSR count). The molecule has 6 nitrogen and oxygen atoms in total. The summed E-state index contributed by atoms with van der Waals surface area (Å²) < 4.78 is 1.38. The van der Waals surface area contributed by atoms with Crippen LogP contribution in [0.15, 0.2) is 23.1 Å². The summed E-state index contributed by atoms with van der Waals surface area (Å²) in [5.74, 6) is -1.67. The molecule has 1 amide bonds. The Bertz CT molecular complexity index is 609. The van der Waals surface area contributed by atoms with E-state index >= 15 is 0 Å². The number of nitrogens with one attached hydrogen (secondary N) is 1. The summed E-state index contributed by atoms with van der Waals surface area (Å²) in [5, 5.41) is 11.9. The first-order valence-corrected chi connectivity index (χ1v) is 8.03. The molecule has 0 aromatic carbocycles. The van der Waals surface area contributed by atoms with E-state index in [0.717, 1.165) is 5.56 Å². The number of hydrogen-bond acceptors (Lipinski definition) is 3. The number of hydrogen-bond donors (Lipinski definition) is 2. The van der Waals surface area contributed by atoms with Crippen molar-refractivity contribution in [2.24, 2.45) is 5.92 Å². The number of pyridine rings is 1. The zero-order valence-corrected chi connectivity index (χ0v) is 14.2. The monoisotopic (exact) mass is 322 g/mol. The van der Waals surface area contributed by atoms with E-state index in [4.69, 9.17) is 0 Å². The topological polar surface area (TPSA) is 88.4 Å². The standard InChI is InChI=1S/C17H26N2O4/c1-5-7-13(19-9-8-11(3)10-14(19)20)16(21)18-15(17(22)23)12(4)6-2/h8-10,12-13,15H,5-7H2,1-4H3,(H,18,21)(H,22,23). The fourth-order valence-corrected chi connectivity index (χ4v) is 2.45. The summed E-state index contributed by atoms with van der Waals surface area (Å²) in [6.45, 7) is 7.39. The van der Waals surface area contributed by atoms with Crippen LogP contribution in [-0.2, 0) is 9.59 Å². The van der Waals surface area contributed by atoms with Crippen molar-refractivity contribution in [1.82, 2.24) is 9.88 Å². The van der Waals surface area contributed by atoms with Crippen molar-refractivity contribution in [3.8, 4) is 0 Å². The molecular formula is C17H26N2O4. The normalized spacial score (nSPS) is 14.8. The number of carbonyl (C=O) groups excluding carboxylic acids is 1. The molecule has 0 aliphatic carbocycles. The van der Waals surface area contributed by atoms with Crippen LogP contribution in [0, 0.1) is 12.8 Å². The van der Waals surface area contributed by atoms with Crippen LogP contribution in [0.1, 0.15) is 51.6 Å². The maximum absolute atomic E-state index is 12.6. The van der Waals surface area contributed by atoms with E-state index in [2.05, 4.69) is 5.32 Å². The lowest BCUT2D eigenvalue weighted by molar-refractivity contribution is -0.143. The van der Waals surface area contributed by atoms with Crippen molar-refractivity contribution in [3.63, 3.8) is 0 Å². The van der Waals surface area contributed by atoms with Gasteiger partial charge < -0.3 is 15.0 Å². The predicted octanol–water partition coefficient (Wildman–Crippen LogP) is 2.11. The third kappa shape index (κ3) is 4.94. The molecule has 0 saturated heterocycles. The highest BCUT2D eigenvalue weighted by Gasteiger charge is 2.29. The van der Waals surface area contributed by atoms with E-state index in [1.807, 2.05) is 20.8 Å². The molecule has 6 heteroatoms. The lowest BCUT2D eigenvalue weighted by atomic mass is 9.98. The van der Waals surface area contributed by atoms with E-state index in [9.17, 15) is 19.5 Å². The number of amides is 1. The molecule has 0 bridgehead atoms. The summed E-state index contributed by atoms with van der Waals surface area (Å²) in [7, 11) is 0. The predicted molar refractivity (Wildman–Crippen MR) is 88.4 cm³/mol. The summed E-state index contributed by atoms with van der Waals surface area (Å²) in [6.07, 6.45) is 3.41. The Hall–Kier alpha value is -2.11. The van der Waals surface area contributed by atoms with Gasteiger partial charge in [0.25, 0.3) is 5.56 Å². The zero-order valence-electron chi connectivity index (χ0n) is 14.2. The highest BCUT2D eigenvalue weighted by molar-refractivity contribution is 5.86. The van der Waals surface area contributed by atoms with Gasteiger partial charge in [-0.05, 0) is 30.9 Å². The van der Waals surface area contributed by atoms with Gasteiger partial charge in [-0.25, -0.2) is 4.79 Å². The molecule has 0 radical (unpaired) electrons. The van der Waals surface area contributed by atoms with Crippen LogP contribution in [0.25, 0.3) is 0 Å². The average molecular weight is 322 g/mol. The maximum atomic E-state index is 12.6. The zero-order chi connectivity index (χ0) is 17.6. The smallest absolute Gasteiger partial charge is 0.326 e. The van der Waals surface area contributed by atoms with Crippen LogP contribution in [-0.4, -0.2) is 27.6 Å². The van der Waals surface area contributed by atoms with Gasteiger partial charge in [-0.3, -0.25) is 9.59 Å². The van der Waals surface area contributed by atoms with Gasteiger partial charge in [0, 0.05) is 12.3 Å². The Morgan fingerprint density at radius 1 is 1.35 bits per heavy atom. The van der Waals surface area contributed by atoms with Gasteiger partial charge in [0.2, 0.25) is 5.91 Å². The van der Waals surface area contributed by atoms with Crippen LogP contribution >= 0.6 is 0 Å². The lowest BCUT2D eigenvalue weighted by Gasteiger charge is -2.24. The van der Waals surface area contributed by atoms with Crippen molar-refractivity contribution >= 4 is 11.9 Å². The minimum absolute atomic E-state index is 0.187. The highest BCUT2D eigenvalue weighted by Crippen LogP contribution is 2.15. The number of rotatable bonds is 8. The molecule has 0 aliphatic heterocycles. The molecule has 0 aliphatic rings. The van der Waals surface area contributed by atoms with Gasteiger partial charge in [-0.2, -0.15) is 0 Å². The summed E-state index contributed by atoms with van der Waals surface area (Å²) in [6, 6.07) is 1.59. The quantitative estimate of drug-likeness (QED) is 0.767. The Balaban J connectivity index is 3.07. The third-order valence-corrected chi connectivity index (χ3v) is 4.08. The van der Waals surface area contributed by atoms with E-state index in [-0.39, 0.29) is 11.5 Å². The number of carboxylic acids is 1. The Morgan fingerprint density at radius 3 is 2.48 bits per heavy atom. The highest BCUT2D eigenvalue weighted by atomic mass is 16.4. The molecule has 0 spiro atoms. The Kier molecular flexibility index (Phi) is 7.00. The van der Waals surface area contributed by atoms with Crippen LogP contribution in [0.5, 0.6) is 0 Å². The summed E-state index contributed by atoms with van der Waals surface area (Å²) in [4.78, 5) is 36.1. The molecule has 1 aromatic rings. The number of nitrogens with zero attached hydrogens (tertiary/aromatic N) is 1. The molecule has 23 heavy (non-hydrogen) atoms. The molecule has 3 unspecified atom stereocenters. The fraction of sp³-hybridized carbons (Fsp3) is 0.588. The van der Waals surface area contributed by atoms with E-state index in [0.29, 0.717) is 19.3 Å². The van der Waals surface area contributed by atoms with Crippen molar-refractivity contribution < 1.29 is 14.7 Å². The second kappa shape index (κ2) is 8.50. The van der Waals surface area contributed by atoms with Crippen LogP contribution in [0.2, 0.25) is 0 Å². The molecule has 1 aromatic heterocycles. The third-order valence-electron chi connectivity index (χ3n) is 4.08. The number of carbonyl (C=O) groups is 2. The lowest BCUT2D eigenvalue weighted by Crippen LogP contribution is -2.48. The molecule has 2 N–H and O–H groups in total. The summed E-state index contributed by atoms with van der Waals surface area (Å²) in [5.41, 5.74) is 0.568. The van der Waals surface area contributed by atoms with Crippen LogP contribution < -0.4 is 10.9 Å². The molecule has 0 saturated carbocycles. The van der Waals surface area contributed by atoms with Crippen molar-refractivity contribution in [1.29, 1.82) is 0 Å². The van der Waals surface area contributed by atoms with Gasteiger partial charge in [0.05, 0.1) is 0 Å². The van der Waals surface area contributed by atoms with Crippen LogP contribution in [0.4, 0.5) is 0 Å². The van der Waals surface area contributed by atoms with Crippen molar-refractivity contribution in [3.05, 3.63) is 34.2 Å². The van der Waals surface area contributed by atoms with Crippen LogP contribution in [0.3, 0.4) is 0 Å². The minimum atomic E-state index is -1.06. The van der Waals surface area contributed by atoms with E-state index in [1.165, 1.54) is 10.6 Å². The first kappa shape index (κ1) is 18.9. The number of aryl methyl sites for hydroxylation is 1. The largest absolute Gasteiger partial charge is 0.480 e. The SMILES string of the molecule is CCCC(C(=O)NC(C(=O)O)C(C)CC)n1ccc(C)cc1=O. The fourth-order valence-electron chi connectivity index (χ4n) is 2.45. The molecular weight excluding hydrogens is 296 g/mol. The minimum Gasteiger partial charge on any atom is -0.480 e. The Morgan fingerprint density at radius 2 is 2.00 bits per heavy atom. The molecule has 128 valence electrons. The first-order chi connectivity index (χ1) is 10.8. The van der Waals surface area contributed by atoms with Crippen molar-refractivity contribution in [2.75, 3.05) is 0 Å². The Labute approximate surface area is 136 Å².